The third-order valence-electron chi connectivity index (χ3n) is 1.23. The molecule has 1 aromatic heterocycles. The van der Waals surface area contributed by atoms with Crippen molar-refractivity contribution >= 4 is 34.4 Å². The number of unbranched alkanes of at least 4 members (excludes halogenated alkanes) is 3. The van der Waals surface area contributed by atoms with Gasteiger partial charge in [-0.2, -0.15) is 17.9 Å². The first-order chi connectivity index (χ1) is 5.41. The third kappa shape index (κ3) is 13.1. The van der Waals surface area contributed by atoms with Gasteiger partial charge in [0.15, 0.2) is 0 Å². The summed E-state index contributed by atoms with van der Waals surface area (Å²) in [6.45, 7) is 5.93. The van der Waals surface area contributed by atoms with Crippen LogP contribution in [0.25, 0.3) is 0 Å². The Morgan fingerprint density at radius 1 is 1.42 bits per heavy atom. The summed E-state index contributed by atoms with van der Waals surface area (Å²) in [5, 5.41) is 4.89. The quantitative estimate of drug-likeness (QED) is 0.390. The second-order valence-electron chi connectivity index (χ2n) is 2.29. The minimum atomic E-state index is 0. The molecule has 0 saturated carbocycles. The smallest absolute Gasteiger partial charge is 0.343 e. The Hall–Kier alpha value is 0.466. The molecule has 0 radical (unpaired) electrons. The Kier molecular flexibility index (Phi) is 17.5. The van der Waals surface area contributed by atoms with E-state index in [1.807, 2.05) is 17.5 Å². The largest absolute Gasteiger partial charge is 2.00 e. The number of hydrogen-bond acceptors (Lipinski definition) is 1. The van der Waals surface area contributed by atoms with Gasteiger partial charge in [0, 0.05) is 0 Å². The van der Waals surface area contributed by atoms with Crippen LogP contribution < -0.4 is 0 Å². The van der Waals surface area contributed by atoms with Crippen molar-refractivity contribution in [2.75, 3.05) is 0 Å². The Labute approximate surface area is 96.5 Å². The zero-order chi connectivity index (χ0) is 8.36. The molecule has 0 spiro atoms. The van der Waals surface area contributed by atoms with Gasteiger partial charge in [0.25, 0.3) is 0 Å². The molecule has 0 saturated heterocycles. The van der Waals surface area contributed by atoms with Crippen molar-refractivity contribution in [2.24, 2.45) is 0 Å². The molecule has 0 aliphatic heterocycles. The van der Waals surface area contributed by atoms with E-state index in [4.69, 9.17) is 0 Å². The fourth-order valence-electron chi connectivity index (χ4n) is 0.623. The monoisotopic (exact) mass is 192 g/mol. The summed E-state index contributed by atoms with van der Waals surface area (Å²) < 4.78 is 0. The van der Waals surface area contributed by atoms with Crippen LogP contribution in [-0.4, -0.2) is 23.1 Å². The van der Waals surface area contributed by atoms with E-state index in [0.717, 1.165) is 6.42 Å². The van der Waals surface area contributed by atoms with E-state index in [9.17, 15) is 0 Å². The molecule has 0 atom stereocenters. The standard InChI is InChI=1S/C6H13.C4H3S.Mg/c1-3-5-6-4-2;1-2-4-5-3-1;/h1,3-6H2,2H3;1-3H;/q2*-1;+2. The maximum absolute atomic E-state index is 3.72. The third-order valence-corrected chi connectivity index (χ3v) is 1.80. The number of thiophene rings is 1. The summed E-state index contributed by atoms with van der Waals surface area (Å²) in [6, 6.07) is 3.86. The molecular formula is C10H16MgS. The first-order valence-electron chi connectivity index (χ1n) is 4.10. The van der Waals surface area contributed by atoms with E-state index in [-0.39, 0.29) is 23.1 Å². The SMILES string of the molecule is [CH2-]CCCCC.[Mg+2].[c-]1cccs1. The van der Waals surface area contributed by atoms with Gasteiger partial charge in [0.1, 0.15) is 0 Å². The fourth-order valence-corrected chi connectivity index (χ4v) is 1.02. The van der Waals surface area contributed by atoms with Crippen LogP contribution in [-0.2, 0) is 0 Å². The van der Waals surface area contributed by atoms with Gasteiger partial charge in [-0.25, -0.2) is 6.07 Å². The summed E-state index contributed by atoms with van der Waals surface area (Å²) in [5.41, 5.74) is 0. The van der Waals surface area contributed by atoms with Gasteiger partial charge in [-0.15, -0.1) is 5.38 Å². The van der Waals surface area contributed by atoms with Crippen LogP contribution in [0.4, 0.5) is 0 Å². The van der Waals surface area contributed by atoms with E-state index >= 15 is 0 Å². The minimum absolute atomic E-state index is 0. The van der Waals surface area contributed by atoms with Crippen molar-refractivity contribution in [3.63, 3.8) is 0 Å². The molecule has 0 aliphatic rings. The Morgan fingerprint density at radius 3 is 2.33 bits per heavy atom. The normalized spacial score (nSPS) is 7.83. The van der Waals surface area contributed by atoms with Crippen LogP contribution in [0.3, 0.4) is 0 Å². The second-order valence-corrected chi connectivity index (χ2v) is 3.04. The van der Waals surface area contributed by atoms with Crippen molar-refractivity contribution in [3.05, 3.63) is 29.8 Å². The van der Waals surface area contributed by atoms with Gasteiger partial charge in [0.2, 0.25) is 0 Å². The van der Waals surface area contributed by atoms with Gasteiger partial charge in [-0.1, -0.05) is 26.2 Å². The summed E-state index contributed by atoms with van der Waals surface area (Å²) in [7, 11) is 0. The molecule has 0 fully saturated rings. The predicted octanol–water partition coefficient (Wildman–Crippen LogP) is 3.57. The number of hydrogen-bond donors (Lipinski definition) is 0. The molecule has 1 aromatic rings. The van der Waals surface area contributed by atoms with E-state index in [1.54, 1.807) is 11.3 Å². The molecule has 0 aliphatic carbocycles. The topological polar surface area (TPSA) is 0 Å². The van der Waals surface area contributed by atoms with Crippen LogP contribution in [0.5, 0.6) is 0 Å². The van der Waals surface area contributed by atoms with Crippen LogP contribution in [0.15, 0.2) is 17.5 Å². The minimum Gasteiger partial charge on any atom is -0.343 e. The fraction of sp³-hybridized carbons (Fsp3) is 0.500. The maximum atomic E-state index is 3.72. The molecule has 0 amide bonds. The Balaban J connectivity index is 0. The molecule has 1 rings (SSSR count). The first-order valence-corrected chi connectivity index (χ1v) is 4.98. The van der Waals surface area contributed by atoms with E-state index < -0.39 is 0 Å². The van der Waals surface area contributed by atoms with Crippen molar-refractivity contribution in [1.29, 1.82) is 0 Å². The van der Waals surface area contributed by atoms with Gasteiger partial charge < -0.3 is 18.3 Å². The average Bonchev–Trinajstić information content (AvgIpc) is 2.57. The van der Waals surface area contributed by atoms with E-state index in [2.05, 4.69) is 19.2 Å². The average molecular weight is 193 g/mol. The zero-order valence-corrected chi connectivity index (χ0v) is 10.1. The molecule has 2 heteroatoms. The van der Waals surface area contributed by atoms with Crippen LogP contribution in [0, 0.1) is 12.3 Å². The van der Waals surface area contributed by atoms with Crippen LogP contribution >= 0.6 is 11.3 Å². The van der Waals surface area contributed by atoms with Crippen LogP contribution in [0.1, 0.15) is 32.6 Å². The van der Waals surface area contributed by atoms with Crippen LogP contribution in [0.2, 0.25) is 0 Å². The number of rotatable bonds is 3. The molecule has 12 heavy (non-hydrogen) atoms. The Bertz CT molecular complexity index is 105. The molecule has 0 bridgehead atoms. The summed E-state index contributed by atoms with van der Waals surface area (Å²) in [4.78, 5) is 0. The van der Waals surface area contributed by atoms with Crippen molar-refractivity contribution in [3.8, 4) is 0 Å². The summed E-state index contributed by atoms with van der Waals surface area (Å²) in [6.07, 6.45) is 5.07. The zero-order valence-electron chi connectivity index (χ0n) is 7.88. The van der Waals surface area contributed by atoms with E-state index in [1.165, 1.54) is 19.3 Å². The first kappa shape index (κ1) is 15.0. The van der Waals surface area contributed by atoms with Gasteiger partial charge in [-0.05, 0) is 0 Å². The molecule has 0 N–H and O–H groups in total. The second kappa shape index (κ2) is 14.0. The van der Waals surface area contributed by atoms with Crippen molar-refractivity contribution in [1.82, 2.24) is 0 Å². The predicted molar refractivity (Wildman–Crippen MR) is 58.4 cm³/mol. The van der Waals surface area contributed by atoms with E-state index in [0.29, 0.717) is 0 Å². The Morgan fingerprint density at radius 2 is 2.17 bits per heavy atom. The van der Waals surface area contributed by atoms with Gasteiger partial charge >= 0.3 is 23.1 Å². The molecule has 0 aromatic carbocycles. The molecule has 1 heterocycles. The molecule has 0 unspecified atom stereocenters. The summed E-state index contributed by atoms with van der Waals surface area (Å²) in [5.74, 6) is 0. The summed E-state index contributed by atoms with van der Waals surface area (Å²) >= 11 is 1.59. The van der Waals surface area contributed by atoms with Crippen molar-refractivity contribution in [2.45, 2.75) is 32.6 Å². The molecule has 0 nitrogen and oxygen atoms in total. The van der Waals surface area contributed by atoms with Gasteiger partial charge in [0.05, 0.1) is 0 Å². The molecular weight excluding hydrogens is 176 g/mol. The molecule has 64 valence electrons. The maximum Gasteiger partial charge on any atom is 2.00 e. The van der Waals surface area contributed by atoms with Crippen molar-refractivity contribution < 1.29 is 0 Å². The van der Waals surface area contributed by atoms with Gasteiger partial charge in [-0.3, -0.25) is 0 Å².